The third-order valence-electron chi connectivity index (χ3n) is 3.93. The predicted octanol–water partition coefficient (Wildman–Crippen LogP) is 2.13. The van der Waals surface area contributed by atoms with E-state index >= 15 is 0 Å². The standard InChI is InChI=1S/C20H21N3O6/c1-14-7-8-16(23(27)28)12-17(14)22-19(25)13-29-20(26)9-10-21-18(24)11-15-5-3-2-4-6-15/h2-8,12H,9-11,13H2,1H3,(H,21,24)(H,22,25). The van der Waals surface area contributed by atoms with Crippen molar-refractivity contribution in [3.8, 4) is 0 Å². The number of esters is 1. The number of non-ortho nitro benzene ring substituents is 1. The summed E-state index contributed by atoms with van der Waals surface area (Å²) in [6.07, 6.45) is 0.129. The molecule has 0 aliphatic rings. The zero-order chi connectivity index (χ0) is 21.2. The second-order valence-corrected chi connectivity index (χ2v) is 6.23. The quantitative estimate of drug-likeness (QED) is 0.378. The fourth-order valence-electron chi connectivity index (χ4n) is 2.41. The second kappa shape index (κ2) is 10.5. The Balaban J connectivity index is 1.69. The summed E-state index contributed by atoms with van der Waals surface area (Å²) < 4.78 is 4.86. The van der Waals surface area contributed by atoms with Crippen molar-refractivity contribution in [1.82, 2.24) is 5.32 Å². The third-order valence-corrected chi connectivity index (χ3v) is 3.93. The Labute approximate surface area is 167 Å². The van der Waals surface area contributed by atoms with Crippen LogP contribution in [0.4, 0.5) is 11.4 Å². The highest BCUT2D eigenvalue weighted by Crippen LogP contribution is 2.21. The molecule has 2 aromatic rings. The number of anilines is 1. The maximum Gasteiger partial charge on any atom is 0.308 e. The van der Waals surface area contributed by atoms with Crippen LogP contribution >= 0.6 is 0 Å². The van der Waals surface area contributed by atoms with E-state index in [2.05, 4.69) is 10.6 Å². The van der Waals surface area contributed by atoms with Gasteiger partial charge in [0.15, 0.2) is 6.61 Å². The highest BCUT2D eigenvalue weighted by molar-refractivity contribution is 5.93. The molecule has 0 aromatic heterocycles. The van der Waals surface area contributed by atoms with Gasteiger partial charge in [-0.05, 0) is 18.1 Å². The van der Waals surface area contributed by atoms with E-state index in [1.165, 1.54) is 18.2 Å². The van der Waals surface area contributed by atoms with Crippen LogP contribution in [0.15, 0.2) is 48.5 Å². The second-order valence-electron chi connectivity index (χ2n) is 6.23. The molecule has 0 saturated carbocycles. The topological polar surface area (TPSA) is 128 Å². The average Bonchev–Trinajstić information content (AvgIpc) is 2.68. The van der Waals surface area contributed by atoms with Gasteiger partial charge in [-0.3, -0.25) is 24.5 Å². The molecule has 2 N–H and O–H groups in total. The van der Waals surface area contributed by atoms with Gasteiger partial charge in [-0.15, -0.1) is 0 Å². The number of benzene rings is 2. The lowest BCUT2D eigenvalue weighted by Gasteiger charge is -2.09. The average molecular weight is 399 g/mol. The molecule has 9 heteroatoms. The number of hydrogen-bond acceptors (Lipinski definition) is 6. The number of ether oxygens (including phenoxy) is 1. The molecule has 0 aliphatic carbocycles. The van der Waals surface area contributed by atoms with Crippen molar-refractivity contribution < 1.29 is 24.0 Å². The van der Waals surface area contributed by atoms with E-state index in [1.54, 1.807) is 6.92 Å². The van der Waals surface area contributed by atoms with Gasteiger partial charge < -0.3 is 15.4 Å². The highest BCUT2D eigenvalue weighted by atomic mass is 16.6. The number of hydrogen-bond donors (Lipinski definition) is 2. The van der Waals surface area contributed by atoms with Crippen molar-refractivity contribution in [3.63, 3.8) is 0 Å². The lowest BCUT2D eigenvalue weighted by Crippen LogP contribution is -2.28. The molecule has 0 atom stereocenters. The van der Waals surface area contributed by atoms with E-state index < -0.39 is 23.4 Å². The molecule has 0 bridgehead atoms. The molecule has 0 unspecified atom stereocenters. The number of nitrogens with zero attached hydrogens (tertiary/aromatic N) is 1. The largest absolute Gasteiger partial charge is 0.456 e. The number of nitrogens with one attached hydrogen (secondary N) is 2. The van der Waals surface area contributed by atoms with Gasteiger partial charge in [-0.25, -0.2) is 0 Å². The van der Waals surface area contributed by atoms with Gasteiger partial charge in [0, 0.05) is 18.7 Å². The Morgan fingerprint density at radius 3 is 2.48 bits per heavy atom. The van der Waals surface area contributed by atoms with Crippen LogP contribution in [-0.4, -0.2) is 35.9 Å². The molecule has 2 amide bonds. The number of nitro groups is 1. The van der Waals surface area contributed by atoms with Gasteiger partial charge in [-0.2, -0.15) is 0 Å². The van der Waals surface area contributed by atoms with E-state index in [-0.39, 0.29) is 36.7 Å². The molecule has 0 aliphatic heterocycles. The first-order valence-electron chi connectivity index (χ1n) is 8.86. The van der Waals surface area contributed by atoms with Crippen LogP contribution in [0.5, 0.6) is 0 Å². The monoisotopic (exact) mass is 399 g/mol. The van der Waals surface area contributed by atoms with Crippen LogP contribution in [0, 0.1) is 17.0 Å². The molecule has 2 aromatic carbocycles. The molecule has 0 radical (unpaired) electrons. The van der Waals surface area contributed by atoms with Crippen LogP contribution in [0.1, 0.15) is 17.5 Å². The van der Waals surface area contributed by atoms with Crippen molar-refractivity contribution in [2.75, 3.05) is 18.5 Å². The highest BCUT2D eigenvalue weighted by Gasteiger charge is 2.13. The smallest absolute Gasteiger partial charge is 0.308 e. The van der Waals surface area contributed by atoms with E-state index in [0.29, 0.717) is 5.56 Å². The fraction of sp³-hybridized carbons (Fsp3) is 0.250. The summed E-state index contributed by atoms with van der Waals surface area (Å²) in [5.74, 6) is -1.48. The molecule has 0 fully saturated rings. The van der Waals surface area contributed by atoms with Crippen LogP contribution in [0.25, 0.3) is 0 Å². The Hall–Kier alpha value is -3.75. The molecule has 0 saturated heterocycles. The summed E-state index contributed by atoms with van der Waals surface area (Å²) in [6, 6.07) is 13.3. The van der Waals surface area contributed by atoms with E-state index in [1.807, 2.05) is 30.3 Å². The van der Waals surface area contributed by atoms with Gasteiger partial charge >= 0.3 is 5.97 Å². The maximum atomic E-state index is 11.9. The molecule has 2 rings (SSSR count). The zero-order valence-electron chi connectivity index (χ0n) is 15.8. The Kier molecular flexibility index (Phi) is 7.84. The molecule has 9 nitrogen and oxygen atoms in total. The number of carbonyl (C=O) groups is 3. The van der Waals surface area contributed by atoms with Gasteiger partial charge in [0.25, 0.3) is 11.6 Å². The number of aryl methyl sites for hydroxylation is 1. The summed E-state index contributed by atoms with van der Waals surface area (Å²) in [4.78, 5) is 45.7. The minimum atomic E-state index is -0.643. The van der Waals surface area contributed by atoms with E-state index in [4.69, 9.17) is 4.74 Å². The third kappa shape index (κ3) is 7.41. The normalized spacial score (nSPS) is 10.1. The summed E-state index contributed by atoms with van der Waals surface area (Å²) in [7, 11) is 0. The van der Waals surface area contributed by atoms with Crippen molar-refractivity contribution in [1.29, 1.82) is 0 Å². The van der Waals surface area contributed by atoms with Gasteiger partial charge in [-0.1, -0.05) is 36.4 Å². The van der Waals surface area contributed by atoms with E-state index in [9.17, 15) is 24.5 Å². The molecule has 29 heavy (non-hydrogen) atoms. The summed E-state index contributed by atoms with van der Waals surface area (Å²) in [5.41, 5.74) is 1.61. The number of carbonyl (C=O) groups excluding carboxylic acids is 3. The summed E-state index contributed by atoms with van der Waals surface area (Å²) >= 11 is 0. The first-order chi connectivity index (χ1) is 13.8. The van der Waals surface area contributed by atoms with Crippen LogP contribution < -0.4 is 10.6 Å². The maximum absolute atomic E-state index is 11.9. The molecule has 0 heterocycles. The van der Waals surface area contributed by atoms with E-state index in [0.717, 1.165) is 5.56 Å². The summed E-state index contributed by atoms with van der Waals surface area (Å²) in [5, 5.41) is 15.9. The van der Waals surface area contributed by atoms with Crippen molar-refractivity contribution in [2.24, 2.45) is 0 Å². The van der Waals surface area contributed by atoms with Crippen molar-refractivity contribution >= 4 is 29.2 Å². The zero-order valence-corrected chi connectivity index (χ0v) is 15.8. The first-order valence-corrected chi connectivity index (χ1v) is 8.86. The SMILES string of the molecule is Cc1ccc([N+](=O)[O-])cc1NC(=O)COC(=O)CCNC(=O)Cc1ccccc1. The Morgan fingerprint density at radius 2 is 1.79 bits per heavy atom. The molecule has 152 valence electrons. The van der Waals surface area contributed by atoms with Crippen LogP contribution in [0.3, 0.4) is 0 Å². The Bertz CT molecular complexity index is 898. The number of amides is 2. The number of nitro benzene ring substituents is 1. The van der Waals surface area contributed by atoms with Crippen LogP contribution in [-0.2, 0) is 25.5 Å². The minimum Gasteiger partial charge on any atom is -0.456 e. The van der Waals surface area contributed by atoms with Crippen molar-refractivity contribution in [2.45, 2.75) is 19.8 Å². The minimum absolute atomic E-state index is 0.0797. The number of rotatable bonds is 9. The molecular weight excluding hydrogens is 378 g/mol. The predicted molar refractivity (Wildman–Crippen MR) is 105 cm³/mol. The Morgan fingerprint density at radius 1 is 1.07 bits per heavy atom. The van der Waals surface area contributed by atoms with Gasteiger partial charge in [0.05, 0.1) is 23.5 Å². The van der Waals surface area contributed by atoms with Gasteiger partial charge in [0.2, 0.25) is 5.91 Å². The lowest BCUT2D eigenvalue weighted by atomic mass is 10.1. The van der Waals surface area contributed by atoms with Crippen molar-refractivity contribution in [3.05, 3.63) is 69.8 Å². The summed E-state index contributed by atoms with van der Waals surface area (Å²) in [6.45, 7) is 1.25. The van der Waals surface area contributed by atoms with Gasteiger partial charge in [0.1, 0.15) is 0 Å². The fourth-order valence-corrected chi connectivity index (χ4v) is 2.41. The first kappa shape index (κ1) is 21.5. The molecule has 0 spiro atoms. The lowest BCUT2D eigenvalue weighted by molar-refractivity contribution is -0.384. The molecular formula is C20H21N3O6. The van der Waals surface area contributed by atoms with Crippen LogP contribution in [0.2, 0.25) is 0 Å².